The average Bonchev–Trinajstić information content (AvgIpc) is 3.17. The SMILES string of the molecule is COc1ccc(Cl)cc1CN(C)C(=O)CCCN(C)S(=O)(=O)c1cccs1. The largest absolute Gasteiger partial charge is 0.496 e. The van der Waals surface area contributed by atoms with Crippen molar-refractivity contribution in [2.75, 3.05) is 27.7 Å². The monoisotopic (exact) mass is 430 g/mol. The lowest BCUT2D eigenvalue weighted by molar-refractivity contribution is -0.130. The third-order valence-electron chi connectivity index (χ3n) is 4.10. The van der Waals surface area contributed by atoms with Crippen molar-refractivity contribution >= 4 is 38.9 Å². The quantitative estimate of drug-likeness (QED) is 0.610. The van der Waals surface area contributed by atoms with E-state index in [1.807, 2.05) is 0 Å². The summed E-state index contributed by atoms with van der Waals surface area (Å²) in [5, 5.41) is 2.30. The van der Waals surface area contributed by atoms with E-state index in [1.54, 1.807) is 54.8 Å². The van der Waals surface area contributed by atoms with E-state index in [1.165, 1.54) is 22.7 Å². The number of sulfonamides is 1. The van der Waals surface area contributed by atoms with Gasteiger partial charge in [0.15, 0.2) is 0 Å². The summed E-state index contributed by atoms with van der Waals surface area (Å²) in [6.07, 6.45) is 0.695. The molecule has 0 aliphatic heterocycles. The second-order valence-corrected chi connectivity index (χ2v) is 9.72. The molecule has 0 aliphatic carbocycles. The van der Waals surface area contributed by atoms with Crippen molar-refractivity contribution in [2.45, 2.75) is 23.6 Å². The first-order valence-electron chi connectivity index (χ1n) is 8.32. The van der Waals surface area contributed by atoms with Crippen molar-refractivity contribution in [3.63, 3.8) is 0 Å². The fourth-order valence-corrected chi connectivity index (χ4v) is 5.15. The van der Waals surface area contributed by atoms with E-state index in [2.05, 4.69) is 0 Å². The highest BCUT2D eigenvalue weighted by Gasteiger charge is 2.22. The predicted molar refractivity (Wildman–Crippen MR) is 108 cm³/mol. The molecule has 6 nitrogen and oxygen atoms in total. The second-order valence-electron chi connectivity index (χ2n) is 6.07. The molecule has 0 saturated heterocycles. The summed E-state index contributed by atoms with van der Waals surface area (Å²) in [5.41, 5.74) is 0.818. The van der Waals surface area contributed by atoms with Gasteiger partial charge in [0.1, 0.15) is 9.96 Å². The van der Waals surface area contributed by atoms with Crippen LogP contribution in [-0.2, 0) is 21.4 Å². The van der Waals surface area contributed by atoms with Crippen LogP contribution in [0.5, 0.6) is 5.75 Å². The number of ether oxygens (including phenoxy) is 1. The molecule has 1 aromatic heterocycles. The third-order valence-corrected chi connectivity index (χ3v) is 7.56. The summed E-state index contributed by atoms with van der Waals surface area (Å²) in [5.74, 6) is 0.597. The minimum Gasteiger partial charge on any atom is -0.496 e. The Morgan fingerprint density at radius 2 is 2.00 bits per heavy atom. The third kappa shape index (κ3) is 5.68. The number of hydrogen-bond donors (Lipinski definition) is 0. The second kappa shape index (κ2) is 9.54. The van der Waals surface area contributed by atoms with Crippen molar-refractivity contribution in [1.82, 2.24) is 9.21 Å². The normalized spacial score (nSPS) is 11.6. The van der Waals surface area contributed by atoms with Crippen LogP contribution in [-0.4, -0.2) is 51.3 Å². The maximum absolute atomic E-state index is 12.4. The highest BCUT2D eigenvalue weighted by atomic mass is 35.5. The fraction of sp³-hybridized carbons (Fsp3) is 0.389. The first-order valence-corrected chi connectivity index (χ1v) is 11.0. The first-order chi connectivity index (χ1) is 12.8. The highest BCUT2D eigenvalue weighted by molar-refractivity contribution is 7.91. The van der Waals surface area contributed by atoms with Crippen LogP contribution in [0.2, 0.25) is 5.02 Å². The maximum atomic E-state index is 12.4. The van der Waals surface area contributed by atoms with Crippen molar-refractivity contribution in [2.24, 2.45) is 0 Å². The molecule has 2 rings (SSSR count). The minimum atomic E-state index is -3.48. The van der Waals surface area contributed by atoms with Gasteiger partial charge in [-0.15, -0.1) is 11.3 Å². The van der Waals surface area contributed by atoms with Crippen LogP contribution in [0.3, 0.4) is 0 Å². The molecule has 0 fully saturated rings. The molecule has 148 valence electrons. The number of carbonyl (C=O) groups is 1. The first kappa shape index (κ1) is 21.7. The van der Waals surface area contributed by atoms with Gasteiger partial charge < -0.3 is 9.64 Å². The Kier molecular flexibility index (Phi) is 7.67. The topological polar surface area (TPSA) is 66.9 Å². The van der Waals surface area contributed by atoms with Gasteiger partial charge in [-0.05, 0) is 36.1 Å². The standard InChI is InChI=1S/C18H23ClN2O4S2/c1-20(13-14-12-15(19)8-9-16(14)25-3)17(22)6-4-10-21(2)27(23,24)18-7-5-11-26-18/h5,7-9,11-12H,4,6,10,13H2,1-3H3. The smallest absolute Gasteiger partial charge is 0.252 e. The molecule has 0 radical (unpaired) electrons. The lowest BCUT2D eigenvalue weighted by Crippen LogP contribution is -2.30. The molecule has 0 saturated carbocycles. The van der Waals surface area contributed by atoms with Gasteiger partial charge in [-0.3, -0.25) is 4.79 Å². The molecule has 0 aliphatic rings. The summed E-state index contributed by atoms with van der Waals surface area (Å²) >= 11 is 7.20. The van der Waals surface area contributed by atoms with Gasteiger partial charge >= 0.3 is 0 Å². The molecule has 0 atom stereocenters. The van der Waals surface area contributed by atoms with Gasteiger partial charge in [-0.1, -0.05) is 17.7 Å². The number of hydrogen-bond acceptors (Lipinski definition) is 5. The lowest BCUT2D eigenvalue weighted by atomic mass is 10.2. The highest BCUT2D eigenvalue weighted by Crippen LogP contribution is 2.24. The zero-order chi connectivity index (χ0) is 20.0. The van der Waals surface area contributed by atoms with Crippen LogP contribution >= 0.6 is 22.9 Å². The predicted octanol–water partition coefficient (Wildman–Crippen LogP) is 3.47. The van der Waals surface area contributed by atoms with E-state index >= 15 is 0 Å². The molecule has 1 aromatic carbocycles. The van der Waals surface area contributed by atoms with Crippen LogP contribution in [0.4, 0.5) is 0 Å². The Morgan fingerprint density at radius 3 is 2.63 bits per heavy atom. The summed E-state index contributed by atoms with van der Waals surface area (Å²) in [6.45, 7) is 0.645. The van der Waals surface area contributed by atoms with Gasteiger partial charge in [0.05, 0.1) is 7.11 Å². The van der Waals surface area contributed by atoms with E-state index in [0.717, 1.165) is 5.56 Å². The van der Waals surface area contributed by atoms with Gasteiger partial charge in [-0.25, -0.2) is 12.7 Å². The number of nitrogens with zero attached hydrogens (tertiary/aromatic N) is 2. The molecule has 2 aromatic rings. The van der Waals surface area contributed by atoms with Crippen LogP contribution in [0, 0.1) is 0 Å². The molecule has 0 N–H and O–H groups in total. The number of methoxy groups -OCH3 is 1. The van der Waals surface area contributed by atoms with Crippen molar-refractivity contribution in [1.29, 1.82) is 0 Å². The fourth-order valence-electron chi connectivity index (χ4n) is 2.54. The molecule has 27 heavy (non-hydrogen) atoms. The average molecular weight is 431 g/mol. The molecule has 1 heterocycles. The Hall–Kier alpha value is -1.61. The van der Waals surface area contributed by atoms with Gasteiger partial charge in [0, 0.05) is 44.2 Å². The summed E-state index contributed by atoms with van der Waals surface area (Å²) < 4.78 is 31.6. The van der Waals surface area contributed by atoms with Crippen LogP contribution in [0.25, 0.3) is 0 Å². The molecule has 1 amide bonds. The number of carbonyl (C=O) groups excluding carboxylic acids is 1. The molecule has 0 bridgehead atoms. The lowest BCUT2D eigenvalue weighted by Gasteiger charge is -2.20. The Morgan fingerprint density at radius 1 is 1.26 bits per heavy atom. The van der Waals surface area contributed by atoms with E-state index in [0.29, 0.717) is 27.9 Å². The van der Waals surface area contributed by atoms with Crippen molar-refractivity contribution in [3.05, 3.63) is 46.3 Å². The van der Waals surface area contributed by atoms with E-state index in [-0.39, 0.29) is 18.9 Å². The zero-order valence-corrected chi connectivity index (χ0v) is 17.9. The van der Waals surface area contributed by atoms with Crippen molar-refractivity contribution < 1.29 is 17.9 Å². The van der Waals surface area contributed by atoms with Gasteiger partial charge in [0.2, 0.25) is 5.91 Å². The molecular formula is C18H23ClN2O4S2. The summed E-state index contributed by atoms with van der Waals surface area (Å²) in [6, 6.07) is 8.54. The van der Waals surface area contributed by atoms with E-state index in [9.17, 15) is 13.2 Å². The van der Waals surface area contributed by atoms with Crippen LogP contribution in [0.15, 0.2) is 39.9 Å². The minimum absolute atomic E-state index is 0.0704. The van der Waals surface area contributed by atoms with Crippen LogP contribution < -0.4 is 4.74 Å². The zero-order valence-electron chi connectivity index (χ0n) is 15.5. The number of amides is 1. The molecule has 9 heteroatoms. The summed E-state index contributed by atoms with van der Waals surface area (Å²) in [7, 11) is 1.32. The van der Waals surface area contributed by atoms with Gasteiger partial charge in [-0.2, -0.15) is 0 Å². The molecule has 0 spiro atoms. The van der Waals surface area contributed by atoms with Gasteiger partial charge in [0.25, 0.3) is 10.0 Å². The molecular weight excluding hydrogens is 408 g/mol. The maximum Gasteiger partial charge on any atom is 0.252 e. The number of thiophene rings is 1. The summed E-state index contributed by atoms with van der Waals surface area (Å²) in [4.78, 5) is 14.0. The van der Waals surface area contributed by atoms with E-state index in [4.69, 9.17) is 16.3 Å². The Bertz CT molecular complexity index is 869. The molecule has 0 unspecified atom stereocenters. The Balaban J connectivity index is 1.87. The Labute approximate surface area is 169 Å². The number of halogens is 1. The number of benzene rings is 1. The van der Waals surface area contributed by atoms with Crippen LogP contribution in [0.1, 0.15) is 18.4 Å². The number of rotatable bonds is 9. The van der Waals surface area contributed by atoms with Crippen molar-refractivity contribution in [3.8, 4) is 5.75 Å². The van der Waals surface area contributed by atoms with E-state index < -0.39 is 10.0 Å².